The van der Waals surface area contributed by atoms with Crippen molar-refractivity contribution in [1.29, 1.82) is 0 Å². The van der Waals surface area contributed by atoms with Gasteiger partial charge in [0.05, 0.1) is 5.69 Å². The van der Waals surface area contributed by atoms with Crippen LogP contribution >= 0.6 is 0 Å². The third kappa shape index (κ3) is 1.64. The van der Waals surface area contributed by atoms with E-state index in [2.05, 4.69) is 47.5 Å². The molecular weight excluding hydrogens is 222 g/mol. The molecule has 0 atom stereocenters. The van der Waals surface area contributed by atoms with Gasteiger partial charge in [0, 0.05) is 29.2 Å². The highest BCUT2D eigenvalue weighted by Crippen LogP contribution is 2.25. The summed E-state index contributed by atoms with van der Waals surface area (Å²) in [6.45, 7) is 4.17. The van der Waals surface area contributed by atoms with Crippen LogP contribution < -0.4 is 5.73 Å². The molecule has 3 nitrogen and oxygen atoms in total. The topological polar surface area (TPSA) is 43.3 Å². The normalized spacial score (nSPS) is 11.0. The fourth-order valence-electron chi connectivity index (χ4n) is 2.25. The van der Waals surface area contributed by atoms with E-state index in [-0.39, 0.29) is 0 Å². The summed E-state index contributed by atoms with van der Waals surface area (Å²) in [5, 5.41) is 0. The number of nitrogen functional groups attached to an aromatic ring is 1. The number of pyridine rings is 1. The Kier molecular flexibility index (Phi) is 2.33. The molecule has 0 unspecified atom stereocenters. The average Bonchev–Trinajstić information content (AvgIpc) is 2.66. The SMILES string of the molecule is Cc1cccc(-c2nc3cc(N)ccn3c2C)c1. The predicted octanol–water partition coefficient (Wildman–Crippen LogP) is 3.20. The first-order valence-corrected chi connectivity index (χ1v) is 5.96. The third-order valence-corrected chi connectivity index (χ3v) is 3.18. The zero-order chi connectivity index (χ0) is 12.7. The van der Waals surface area contributed by atoms with Crippen molar-refractivity contribution in [1.82, 2.24) is 9.38 Å². The number of nitrogens with zero attached hydrogens (tertiary/aromatic N) is 2. The number of fused-ring (bicyclic) bond motifs is 1. The van der Waals surface area contributed by atoms with Crippen LogP contribution in [0.25, 0.3) is 16.9 Å². The average molecular weight is 237 g/mol. The smallest absolute Gasteiger partial charge is 0.139 e. The number of nitrogens with two attached hydrogens (primary N) is 1. The molecule has 0 fully saturated rings. The van der Waals surface area contributed by atoms with E-state index in [1.165, 1.54) is 5.56 Å². The van der Waals surface area contributed by atoms with Crippen LogP contribution in [0.1, 0.15) is 11.3 Å². The second kappa shape index (κ2) is 3.88. The number of benzene rings is 1. The van der Waals surface area contributed by atoms with Crippen molar-refractivity contribution in [3.8, 4) is 11.3 Å². The zero-order valence-corrected chi connectivity index (χ0v) is 10.5. The van der Waals surface area contributed by atoms with E-state index in [0.29, 0.717) is 0 Å². The van der Waals surface area contributed by atoms with E-state index in [0.717, 1.165) is 28.3 Å². The Morgan fingerprint density at radius 1 is 1.11 bits per heavy atom. The maximum Gasteiger partial charge on any atom is 0.139 e. The molecule has 0 spiro atoms. The maximum atomic E-state index is 5.79. The summed E-state index contributed by atoms with van der Waals surface area (Å²) in [6, 6.07) is 12.2. The second-order valence-electron chi connectivity index (χ2n) is 4.60. The summed E-state index contributed by atoms with van der Waals surface area (Å²) in [5.41, 5.74) is 12.0. The van der Waals surface area contributed by atoms with Crippen LogP contribution in [0.4, 0.5) is 5.69 Å². The molecule has 0 radical (unpaired) electrons. The van der Waals surface area contributed by atoms with Crippen molar-refractivity contribution in [3.05, 3.63) is 53.9 Å². The van der Waals surface area contributed by atoms with Gasteiger partial charge in [0.1, 0.15) is 5.65 Å². The lowest BCUT2D eigenvalue weighted by Crippen LogP contribution is -1.90. The molecule has 2 aromatic heterocycles. The number of hydrogen-bond acceptors (Lipinski definition) is 2. The fourth-order valence-corrected chi connectivity index (χ4v) is 2.25. The Morgan fingerprint density at radius 2 is 1.94 bits per heavy atom. The Bertz CT molecular complexity index is 726. The second-order valence-corrected chi connectivity index (χ2v) is 4.60. The number of aromatic nitrogens is 2. The molecule has 3 aromatic rings. The van der Waals surface area contributed by atoms with Gasteiger partial charge in [-0.05, 0) is 26.0 Å². The van der Waals surface area contributed by atoms with Crippen LogP contribution in [0, 0.1) is 13.8 Å². The molecule has 0 saturated heterocycles. The lowest BCUT2D eigenvalue weighted by molar-refractivity contribution is 1.11. The Morgan fingerprint density at radius 3 is 2.72 bits per heavy atom. The molecule has 0 bridgehead atoms. The summed E-state index contributed by atoms with van der Waals surface area (Å²) >= 11 is 0. The number of hydrogen-bond donors (Lipinski definition) is 1. The number of rotatable bonds is 1. The Labute approximate surface area is 106 Å². The van der Waals surface area contributed by atoms with E-state index >= 15 is 0 Å². The minimum Gasteiger partial charge on any atom is -0.399 e. The van der Waals surface area contributed by atoms with Crippen molar-refractivity contribution < 1.29 is 0 Å². The summed E-state index contributed by atoms with van der Waals surface area (Å²) in [7, 11) is 0. The predicted molar refractivity (Wildman–Crippen MR) is 74.5 cm³/mol. The molecule has 0 amide bonds. The van der Waals surface area contributed by atoms with Crippen molar-refractivity contribution in [2.45, 2.75) is 13.8 Å². The minimum atomic E-state index is 0.739. The number of imidazole rings is 1. The Balaban J connectivity index is 2.27. The molecule has 3 rings (SSSR count). The number of anilines is 1. The van der Waals surface area contributed by atoms with Crippen LogP contribution in [0.5, 0.6) is 0 Å². The first-order valence-electron chi connectivity index (χ1n) is 5.96. The van der Waals surface area contributed by atoms with Crippen LogP contribution in [-0.4, -0.2) is 9.38 Å². The van der Waals surface area contributed by atoms with E-state index in [4.69, 9.17) is 5.73 Å². The Hall–Kier alpha value is -2.29. The van der Waals surface area contributed by atoms with Crippen molar-refractivity contribution >= 4 is 11.3 Å². The van der Waals surface area contributed by atoms with E-state index in [1.807, 2.05) is 18.3 Å². The zero-order valence-electron chi connectivity index (χ0n) is 10.5. The highest BCUT2D eigenvalue weighted by Gasteiger charge is 2.10. The molecule has 3 heteroatoms. The third-order valence-electron chi connectivity index (χ3n) is 3.18. The monoisotopic (exact) mass is 237 g/mol. The molecule has 18 heavy (non-hydrogen) atoms. The van der Waals surface area contributed by atoms with Gasteiger partial charge in [-0.25, -0.2) is 4.98 Å². The van der Waals surface area contributed by atoms with E-state index in [9.17, 15) is 0 Å². The standard InChI is InChI=1S/C15H15N3/c1-10-4-3-5-12(8-10)15-11(2)18-7-6-13(16)9-14(18)17-15/h3-9H,16H2,1-2H3. The van der Waals surface area contributed by atoms with E-state index in [1.54, 1.807) is 0 Å². The van der Waals surface area contributed by atoms with Gasteiger partial charge < -0.3 is 10.1 Å². The molecule has 2 N–H and O–H groups in total. The molecule has 1 aromatic carbocycles. The molecule has 0 aliphatic heterocycles. The molecular formula is C15H15N3. The summed E-state index contributed by atoms with van der Waals surface area (Å²) < 4.78 is 2.06. The van der Waals surface area contributed by atoms with Gasteiger partial charge in [-0.3, -0.25) is 0 Å². The van der Waals surface area contributed by atoms with Crippen molar-refractivity contribution in [3.63, 3.8) is 0 Å². The molecule has 0 aliphatic carbocycles. The van der Waals surface area contributed by atoms with Crippen molar-refractivity contribution in [2.75, 3.05) is 5.73 Å². The van der Waals surface area contributed by atoms with Gasteiger partial charge in [0.25, 0.3) is 0 Å². The number of aryl methyl sites for hydroxylation is 2. The first-order chi connectivity index (χ1) is 8.65. The maximum absolute atomic E-state index is 5.79. The fraction of sp³-hybridized carbons (Fsp3) is 0.133. The molecule has 90 valence electrons. The minimum absolute atomic E-state index is 0.739. The van der Waals surface area contributed by atoms with Gasteiger partial charge in [-0.2, -0.15) is 0 Å². The van der Waals surface area contributed by atoms with Gasteiger partial charge >= 0.3 is 0 Å². The van der Waals surface area contributed by atoms with Crippen LogP contribution in [-0.2, 0) is 0 Å². The summed E-state index contributed by atoms with van der Waals surface area (Å²) in [5.74, 6) is 0. The molecule has 0 saturated carbocycles. The lowest BCUT2D eigenvalue weighted by atomic mass is 10.1. The van der Waals surface area contributed by atoms with Gasteiger partial charge in [-0.15, -0.1) is 0 Å². The van der Waals surface area contributed by atoms with E-state index < -0.39 is 0 Å². The van der Waals surface area contributed by atoms with Gasteiger partial charge in [0.15, 0.2) is 0 Å². The van der Waals surface area contributed by atoms with Gasteiger partial charge in [0.2, 0.25) is 0 Å². The van der Waals surface area contributed by atoms with Gasteiger partial charge in [-0.1, -0.05) is 23.8 Å². The molecule has 2 heterocycles. The first kappa shape index (κ1) is 10.8. The summed E-state index contributed by atoms with van der Waals surface area (Å²) in [6.07, 6.45) is 1.96. The quantitative estimate of drug-likeness (QED) is 0.706. The highest BCUT2D eigenvalue weighted by atomic mass is 15.0. The lowest BCUT2D eigenvalue weighted by Gasteiger charge is -2.00. The van der Waals surface area contributed by atoms with Crippen LogP contribution in [0.3, 0.4) is 0 Å². The van der Waals surface area contributed by atoms with Crippen LogP contribution in [0.15, 0.2) is 42.6 Å². The largest absolute Gasteiger partial charge is 0.399 e. The highest BCUT2D eigenvalue weighted by molar-refractivity contribution is 5.68. The van der Waals surface area contributed by atoms with Crippen molar-refractivity contribution in [2.24, 2.45) is 0 Å². The molecule has 0 aliphatic rings. The summed E-state index contributed by atoms with van der Waals surface area (Å²) in [4.78, 5) is 4.67. The van der Waals surface area contributed by atoms with Crippen LogP contribution in [0.2, 0.25) is 0 Å².